The molecule has 18 heavy (non-hydrogen) atoms. The maximum atomic E-state index is 6.35. The Labute approximate surface area is 112 Å². The van der Waals surface area contributed by atoms with Crippen LogP contribution >= 0.6 is 11.6 Å². The summed E-state index contributed by atoms with van der Waals surface area (Å²) in [5.41, 5.74) is 7.18. The van der Waals surface area contributed by atoms with Gasteiger partial charge in [0.1, 0.15) is 11.3 Å². The molecule has 1 saturated carbocycles. The summed E-state index contributed by atoms with van der Waals surface area (Å²) in [6.45, 7) is 0. The Hall–Kier alpha value is -0.990. The van der Waals surface area contributed by atoms with Crippen molar-refractivity contribution in [3.8, 4) is 0 Å². The molecule has 0 bridgehead atoms. The van der Waals surface area contributed by atoms with E-state index in [2.05, 4.69) is 0 Å². The van der Waals surface area contributed by atoms with Crippen LogP contribution in [0.25, 0.3) is 11.0 Å². The van der Waals surface area contributed by atoms with Gasteiger partial charge in [0.25, 0.3) is 0 Å². The first-order valence-electron chi connectivity index (χ1n) is 6.69. The predicted octanol–water partition coefficient (Wildman–Crippen LogP) is 4.67. The van der Waals surface area contributed by atoms with E-state index in [0.717, 1.165) is 21.8 Å². The molecule has 1 atom stereocenters. The van der Waals surface area contributed by atoms with E-state index in [1.165, 1.54) is 32.1 Å². The molecule has 0 saturated heterocycles. The second-order valence-corrected chi connectivity index (χ2v) is 5.63. The molecule has 96 valence electrons. The van der Waals surface area contributed by atoms with Crippen LogP contribution in [0.1, 0.15) is 43.9 Å². The van der Waals surface area contributed by atoms with Gasteiger partial charge in [-0.2, -0.15) is 0 Å². The number of hydrogen-bond donors (Lipinski definition) is 1. The minimum absolute atomic E-state index is 0.00812. The lowest BCUT2D eigenvalue weighted by molar-refractivity contribution is 0.284. The Morgan fingerprint density at radius 3 is 2.72 bits per heavy atom. The van der Waals surface area contributed by atoms with Crippen LogP contribution in [0.2, 0.25) is 5.02 Å². The van der Waals surface area contributed by atoms with Gasteiger partial charge in [-0.1, -0.05) is 36.9 Å². The van der Waals surface area contributed by atoms with Crippen LogP contribution in [0.4, 0.5) is 0 Å². The summed E-state index contributed by atoms with van der Waals surface area (Å²) in [6.07, 6.45) is 6.35. The third-order valence-electron chi connectivity index (χ3n) is 4.01. The molecule has 1 fully saturated rings. The molecular weight excluding hydrogens is 246 g/mol. The first kappa shape index (κ1) is 12.1. The molecule has 3 heteroatoms. The fourth-order valence-electron chi connectivity index (χ4n) is 2.93. The number of nitrogens with two attached hydrogens (primary N) is 1. The average Bonchev–Trinajstić information content (AvgIpc) is 2.84. The van der Waals surface area contributed by atoms with Gasteiger partial charge >= 0.3 is 0 Å². The van der Waals surface area contributed by atoms with Crippen molar-refractivity contribution in [1.29, 1.82) is 0 Å². The summed E-state index contributed by atoms with van der Waals surface area (Å²) in [5.74, 6) is 1.43. The second kappa shape index (κ2) is 4.94. The molecule has 1 heterocycles. The molecule has 3 rings (SSSR count). The molecule has 1 aliphatic carbocycles. The van der Waals surface area contributed by atoms with Crippen molar-refractivity contribution in [2.24, 2.45) is 11.7 Å². The number of halogens is 1. The van der Waals surface area contributed by atoms with Crippen molar-refractivity contribution in [2.75, 3.05) is 0 Å². The third kappa shape index (κ3) is 2.15. The lowest BCUT2D eigenvalue weighted by Crippen LogP contribution is -2.22. The summed E-state index contributed by atoms with van der Waals surface area (Å²) in [6, 6.07) is 7.75. The first-order chi connectivity index (χ1) is 8.75. The molecule has 2 N–H and O–H groups in total. The Morgan fingerprint density at radius 1 is 1.22 bits per heavy atom. The lowest BCUT2D eigenvalue weighted by atomic mass is 9.83. The van der Waals surface area contributed by atoms with Gasteiger partial charge in [0.15, 0.2) is 0 Å². The molecule has 1 aliphatic rings. The van der Waals surface area contributed by atoms with E-state index in [9.17, 15) is 0 Å². The van der Waals surface area contributed by atoms with E-state index in [-0.39, 0.29) is 6.04 Å². The summed E-state index contributed by atoms with van der Waals surface area (Å²) >= 11 is 6.16. The molecule has 0 radical (unpaired) electrons. The zero-order valence-corrected chi connectivity index (χ0v) is 11.1. The summed E-state index contributed by atoms with van der Waals surface area (Å²) in [5, 5.41) is 1.71. The molecule has 1 unspecified atom stereocenters. The molecule has 1 aromatic heterocycles. The van der Waals surface area contributed by atoms with Gasteiger partial charge in [-0.05, 0) is 37.0 Å². The first-order valence-corrected chi connectivity index (χ1v) is 7.07. The maximum absolute atomic E-state index is 6.35. The number of rotatable bonds is 2. The van der Waals surface area contributed by atoms with Crippen molar-refractivity contribution in [2.45, 2.75) is 38.1 Å². The van der Waals surface area contributed by atoms with Gasteiger partial charge in [0.2, 0.25) is 0 Å². The van der Waals surface area contributed by atoms with Crippen LogP contribution in [0, 0.1) is 5.92 Å². The van der Waals surface area contributed by atoms with Crippen LogP contribution in [-0.4, -0.2) is 0 Å². The molecule has 1 aromatic carbocycles. The van der Waals surface area contributed by atoms with Crippen molar-refractivity contribution < 1.29 is 4.42 Å². The Bertz CT molecular complexity index is 542. The Balaban J connectivity index is 1.91. The van der Waals surface area contributed by atoms with Crippen LogP contribution < -0.4 is 5.73 Å². The quantitative estimate of drug-likeness (QED) is 0.855. The van der Waals surface area contributed by atoms with Gasteiger partial charge in [0.05, 0.1) is 11.1 Å². The summed E-state index contributed by atoms with van der Waals surface area (Å²) < 4.78 is 5.85. The molecule has 0 spiro atoms. The Morgan fingerprint density at radius 2 is 2.00 bits per heavy atom. The molecule has 0 amide bonds. The average molecular weight is 264 g/mol. The minimum atomic E-state index is 0.00812. The van der Waals surface area contributed by atoms with E-state index in [1.54, 1.807) is 0 Å². The van der Waals surface area contributed by atoms with E-state index in [1.807, 2.05) is 24.3 Å². The molecular formula is C15H18ClNO. The van der Waals surface area contributed by atoms with Gasteiger partial charge in [0, 0.05) is 5.39 Å². The van der Waals surface area contributed by atoms with E-state index in [0.29, 0.717) is 5.92 Å². The molecule has 2 aromatic rings. The van der Waals surface area contributed by atoms with Gasteiger partial charge in [-0.25, -0.2) is 0 Å². The largest absolute Gasteiger partial charge is 0.459 e. The van der Waals surface area contributed by atoms with Crippen LogP contribution in [0.5, 0.6) is 0 Å². The minimum Gasteiger partial charge on any atom is -0.459 e. The van der Waals surface area contributed by atoms with Gasteiger partial charge < -0.3 is 10.2 Å². The topological polar surface area (TPSA) is 39.2 Å². The number of hydrogen-bond acceptors (Lipinski definition) is 2. The maximum Gasteiger partial charge on any atom is 0.135 e. The fraction of sp³-hybridized carbons (Fsp3) is 0.467. The normalized spacial score (nSPS) is 19.2. The van der Waals surface area contributed by atoms with Crippen molar-refractivity contribution >= 4 is 22.6 Å². The van der Waals surface area contributed by atoms with Gasteiger partial charge in [-0.15, -0.1) is 0 Å². The van der Waals surface area contributed by atoms with E-state index in [4.69, 9.17) is 21.8 Å². The number of benzene rings is 1. The van der Waals surface area contributed by atoms with Crippen LogP contribution in [0.3, 0.4) is 0 Å². The van der Waals surface area contributed by atoms with Crippen LogP contribution in [-0.2, 0) is 0 Å². The predicted molar refractivity (Wildman–Crippen MR) is 74.7 cm³/mol. The highest BCUT2D eigenvalue weighted by Gasteiger charge is 2.24. The highest BCUT2D eigenvalue weighted by atomic mass is 35.5. The van der Waals surface area contributed by atoms with Crippen molar-refractivity contribution in [1.82, 2.24) is 0 Å². The number of fused-ring (bicyclic) bond motifs is 1. The fourth-order valence-corrected chi connectivity index (χ4v) is 3.16. The molecule has 2 nitrogen and oxygen atoms in total. The van der Waals surface area contributed by atoms with Gasteiger partial charge in [-0.3, -0.25) is 0 Å². The SMILES string of the molecule is NC(c1cc2c(Cl)cccc2o1)C1CCCCC1. The summed E-state index contributed by atoms with van der Waals surface area (Å²) in [4.78, 5) is 0. The third-order valence-corrected chi connectivity index (χ3v) is 4.34. The van der Waals surface area contributed by atoms with E-state index < -0.39 is 0 Å². The van der Waals surface area contributed by atoms with Crippen molar-refractivity contribution in [3.63, 3.8) is 0 Å². The van der Waals surface area contributed by atoms with E-state index >= 15 is 0 Å². The highest BCUT2D eigenvalue weighted by molar-refractivity contribution is 6.35. The lowest BCUT2D eigenvalue weighted by Gasteiger charge is -2.25. The highest BCUT2D eigenvalue weighted by Crippen LogP contribution is 2.36. The monoisotopic (exact) mass is 263 g/mol. The zero-order valence-electron chi connectivity index (χ0n) is 10.4. The Kier molecular flexibility index (Phi) is 3.31. The number of furan rings is 1. The molecule has 0 aliphatic heterocycles. The zero-order chi connectivity index (χ0) is 12.5. The second-order valence-electron chi connectivity index (χ2n) is 5.22. The van der Waals surface area contributed by atoms with Crippen LogP contribution in [0.15, 0.2) is 28.7 Å². The summed E-state index contributed by atoms with van der Waals surface area (Å²) in [7, 11) is 0. The van der Waals surface area contributed by atoms with Crippen molar-refractivity contribution in [3.05, 3.63) is 35.0 Å². The standard InChI is InChI=1S/C15H18ClNO/c16-12-7-4-8-13-11(12)9-14(18-13)15(17)10-5-2-1-3-6-10/h4,7-10,15H,1-3,5-6,17H2. The smallest absolute Gasteiger partial charge is 0.135 e.